The van der Waals surface area contributed by atoms with Crippen LogP contribution in [0.2, 0.25) is 5.02 Å². The number of halogens is 1. The summed E-state index contributed by atoms with van der Waals surface area (Å²) in [5.74, 6) is 0.434. The minimum atomic E-state index is -0.381. The van der Waals surface area contributed by atoms with Crippen LogP contribution < -0.4 is 4.74 Å². The Morgan fingerprint density at radius 2 is 1.92 bits per heavy atom. The molecule has 1 saturated heterocycles. The largest absolute Gasteiger partial charge is 0.415 e. The van der Waals surface area contributed by atoms with E-state index in [1.54, 1.807) is 17.0 Å². The average Bonchev–Trinajstić information content (AvgIpc) is 3.06. The molecule has 0 atom stereocenters. The minimum Gasteiger partial charge on any atom is -0.410 e. The Hall–Kier alpha value is -2.57. The summed E-state index contributed by atoms with van der Waals surface area (Å²) in [7, 11) is 0. The molecule has 0 unspecified atom stereocenters. The van der Waals surface area contributed by atoms with E-state index in [1.807, 2.05) is 30.3 Å². The Balaban J connectivity index is 1.49. The van der Waals surface area contributed by atoms with Crippen molar-refractivity contribution in [3.05, 3.63) is 58.7 Å². The van der Waals surface area contributed by atoms with E-state index in [1.165, 1.54) is 0 Å². The van der Waals surface area contributed by atoms with Crippen LogP contribution in [0.4, 0.5) is 4.79 Å². The number of carbonyl (C=O) groups is 1. The number of fused-ring (bicyclic) bond motifs is 1. The third kappa shape index (κ3) is 3.66. The van der Waals surface area contributed by atoms with Gasteiger partial charge in [-0.2, -0.15) is 0 Å². The lowest BCUT2D eigenvalue weighted by Gasteiger charge is -2.25. The highest BCUT2D eigenvalue weighted by Gasteiger charge is 2.19. The smallest absolute Gasteiger partial charge is 0.410 e. The van der Waals surface area contributed by atoms with Gasteiger partial charge in [-0.05, 0) is 29.8 Å². The zero-order valence-electron chi connectivity index (χ0n) is 14.0. The van der Waals surface area contributed by atoms with Gasteiger partial charge in [0, 0.05) is 36.0 Å². The Labute approximate surface area is 155 Å². The third-order valence-electron chi connectivity index (χ3n) is 4.28. The summed E-state index contributed by atoms with van der Waals surface area (Å²) in [6.45, 7) is 2.14. The molecule has 0 saturated carbocycles. The molecular formula is C19H17ClN2O4. The van der Waals surface area contributed by atoms with Gasteiger partial charge in [-0.15, -0.1) is 0 Å². The highest BCUT2D eigenvalue weighted by atomic mass is 35.5. The van der Waals surface area contributed by atoms with Gasteiger partial charge in [0.1, 0.15) is 5.75 Å². The van der Waals surface area contributed by atoms with Crippen molar-refractivity contribution in [1.82, 2.24) is 10.1 Å². The van der Waals surface area contributed by atoms with Crippen LogP contribution in [-0.4, -0.2) is 42.5 Å². The fraction of sp³-hybridized carbons (Fsp3) is 0.263. The first-order valence-corrected chi connectivity index (χ1v) is 8.74. The SMILES string of the molecule is O=C(Oc1ccc2c(Cc3ccc(Cl)cc3)noc2c1)N1CCOCC1. The van der Waals surface area contributed by atoms with Gasteiger partial charge < -0.3 is 18.9 Å². The Morgan fingerprint density at radius 3 is 2.69 bits per heavy atom. The van der Waals surface area contributed by atoms with Crippen LogP contribution in [-0.2, 0) is 11.2 Å². The second-order valence-electron chi connectivity index (χ2n) is 6.06. The zero-order valence-corrected chi connectivity index (χ0v) is 14.7. The molecule has 134 valence electrons. The Morgan fingerprint density at radius 1 is 1.15 bits per heavy atom. The predicted molar refractivity (Wildman–Crippen MR) is 96.7 cm³/mol. The lowest BCUT2D eigenvalue weighted by Crippen LogP contribution is -2.42. The molecular weight excluding hydrogens is 356 g/mol. The summed E-state index contributed by atoms with van der Waals surface area (Å²) in [5.41, 5.74) is 2.50. The van der Waals surface area contributed by atoms with Crippen molar-refractivity contribution < 1.29 is 18.8 Å². The standard InChI is InChI=1S/C19H17ClN2O4/c20-14-3-1-13(2-4-14)11-17-16-6-5-15(12-18(16)26-21-17)25-19(23)22-7-9-24-10-8-22/h1-6,12H,7-11H2. The topological polar surface area (TPSA) is 64.8 Å². The second-order valence-corrected chi connectivity index (χ2v) is 6.49. The maximum Gasteiger partial charge on any atom is 0.415 e. The summed E-state index contributed by atoms with van der Waals surface area (Å²) in [6, 6.07) is 12.9. The van der Waals surface area contributed by atoms with Crippen LogP contribution in [0, 0.1) is 0 Å². The number of amides is 1. The molecule has 0 N–H and O–H groups in total. The molecule has 6 nitrogen and oxygen atoms in total. The van der Waals surface area contributed by atoms with Crippen LogP contribution in [0.15, 0.2) is 47.0 Å². The van der Waals surface area contributed by atoms with E-state index in [2.05, 4.69) is 5.16 Å². The molecule has 0 aliphatic carbocycles. The molecule has 2 heterocycles. The van der Waals surface area contributed by atoms with Gasteiger partial charge in [-0.25, -0.2) is 4.79 Å². The molecule has 1 aliphatic heterocycles. The molecule has 4 rings (SSSR count). The molecule has 0 spiro atoms. The van der Waals surface area contributed by atoms with Gasteiger partial charge in [0.05, 0.1) is 18.9 Å². The van der Waals surface area contributed by atoms with Crippen molar-refractivity contribution in [2.45, 2.75) is 6.42 Å². The van der Waals surface area contributed by atoms with Crippen LogP contribution in [0.25, 0.3) is 11.0 Å². The number of rotatable bonds is 3. The van der Waals surface area contributed by atoms with Crippen LogP contribution in [0.3, 0.4) is 0 Å². The zero-order chi connectivity index (χ0) is 17.9. The van der Waals surface area contributed by atoms with Gasteiger partial charge in [0.25, 0.3) is 0 Å². The van der Waals surface area contributed by atoms with Gasteiger partial charge >= 0.3 is 6.09 Å². The highest BCUT2D eigenvalue weighted by Crippen LogP contribution is 2.26. The normalized spacial score (nSPS) is 14.6. The summed E-state index contributed by atoms with van der Waals surface area (Å²) in [5, 5.41) is 5.74. The molecule has 1 fully saturated rings. The number of nitrogens with zero attached hydrogens (tertiary/aromatic N) is 2. The van der Waals surface area contributed by atoms with E-state index in [0.717, 1.165) is 16.6 Å². The van der Waals surface area contributed by atoms with Crippen LogP contribution in [0.5, 0.6) is 5.75 Å². The first-order chi connectivity index (χ1) is 12.7. The summed E-state index contributed by atoms with van der Waals surface area (Å²) < 4.78 is 16.1. The molecule has 1 amide bonds. The summed E-state index contributed by atoms with van der Waals surface area (Å²) >= 11 is 5.92. The number of benzene rings is 2. The van der Waals surface area contributed by atoms with Crippen molar-refractivity contribution in [2.75, 3.05) is 26.3 Å². The van der Waals surface area contributed by atoms with E-state index in [0.29, 0.717) is 49.1 Å². The summed E-state index contributed by atoms with van der Waals surface area (Å²) in [6.07, 6.45) is 0.255. The molecule has 3 aromatic rings. The van der Waals surface area contributed by atoms with Gasteiger partial charge in [-0.1, -0.05) is 28.9 Å². The van der Waals surface area contributed by atoms with Crippen molar-refractivity contribution in [2.24, 2.45) is 0 Å². The fourth-order valence-electron chi connectivity index (χ4n) is 2.87. The van der Waals surface area contributed by atoms with E-state index in [-0.39, 0.29) is 6.09 Å². The van der Waals surface area contributed by atoms with Gasteiger partial charge in [0.2, 0.25) is 0 Å². The number of morpholine rings is 1. The molecule has 0 bridgehead atoms. The molecule has 1 aromatic heterocycles. The number of hydrogen-bond donors (Lipinski definition) is 0. The maximum absolute atomic E-state index is 12.2. The number of hydrogen-bond acceptors (Lipinski definition) is 5. The van der Waals surface area contributed by atoms with E-state index < -0.39 is 0 Å². The highest BCUT2D eigenvalue weighted by molar-refractivity contribution is 6.30. The predicted octanol–water partition coefficient (Wildman–Crippen LogP) is 3.90. The molecule has 7 heteroatoms. The summed E-state index contributed by atoms with van der Waals surface area (Å²) in [4.78, 5) is 13.8. The number of ether oxygens (including phenoxy) is 2. The van der Waals surface area contributed by atoms with Gasteiger partial charge in [-0.3, -0.25) is 0 Å². The first kappa shape index (κ1) is 16.9. The van der Waals surface area contributed by atoms with Crippen molar-refractivity contribution in [3.63, 3.8) is 0 Å². The molecule has 2 aromatic carbocycles. The number of carbonyl (C=O) groups excluding carboxylic acids is 1. The second kappa shape index (κ2) is 7.35. The lowest BCUT2D eigenvalue weighted by atomic mass is 10.1. The molecule has 26 heavy (non-hydrogen) atoms. The average molecular weight is 373 g/mol. The monoisotopic (exact) mass is 372 g/mol. The lowest BCUT2D eigenvalue weighted by molar-refractivity contribution is 0.0416. The van der Waals surface area contributed by atoms with E-state index in [9.17, 15) is 4.79 Å². The fourth-order valence-corrected chi connectivity index (χ4v) is 2.99. The Kier molecular flexibility index (Phi) is 4.77. The first-order valence-electron chi connectivity index (χ1n) is 8.36. The quantitative estimate of drug-likeness (QED) is 0.697. The maximum atomic E-state index is 12.2. The molecule has 0 radical (unpaired) electrons. The van der Waals surface area contributed by atoms with Crippen molar-refractivity contribution in [1.29, 1.82) is 0 Å². The molecule has 1 aliphatic rings. The van der Waals surface area contributed by atoms with Gasteiger partial charge in [0.15, 0.2) is 5.58 Å². The number of aromatic nitrogens is 1. The van der Waals surface area contributed by atoms with Crippen LogP contribution in [0.1, 0.15) is 11.3 Å². The van der Waals surface area contributed by atoms with E-state index in [4.69, 9.17) is 25.6 Å². The Bertz CT molecular complexity index is 917. The van der Waals surface area contributed by atoms with Crippen molar-refractivity contribution >= 4 is 28.7 Å². The van der Waals surface area contributed by atoms with Crippen LogP contribution >= 0.6 is 11.6 Å². The minimum absolute atomic E-state index is 0.381. The van der Waals surface area contributed by atoms with E-state index >= 15 is 0 Å². The van der Waals surface area contributed by atoms with Crippen molar-refractivity contribution in [3.8, 4) is 5.75 Å². The third-order valence-corrected chi connectivity index (χ3v) is 4.53.